The van der Waals surface area contributed by atoms with Crippen LogP contribution in [0.5, 0.6) is 5.75 Å². The first-order valence-corrected chi connectivity index (χ1v) is 12.4. The number of aromatic nitrogens is 1. The number of rotatable bonds is 7. The lowest BCUT2D eigenvalue weighted by atomic mass is 9.87. The molecule has 162 valence electrons. The zero-order valence-corrected chi connectivity index (χ0v) is 18.7. The van der Waals surface area contributed by atoms with Crippen molar-refractivity contribution in [2.75, 3.05) is 26.2 Å². The maximum absolute atomic E-state index is 9.60. The Morgan fingerprint density at radius 1 is 1.20 bits per heavy atom. The van der Waals surface area contributed by atoms with Gasteiger partial charge in [0.1, 0.15) is 10.8 Å². The molecule has 1 aromatic carbocycles. The van der Waals surface area contributed by atoms with Gasteiger partial charge in [-0.05, 0) is 69.8 Å². The van der Waals surface area contributed by atoms with Crippen molar-refractivity contribution < 1.29 is 9.84 Å². The van der Waals surface area contributed by atoms with Crippen molar-refractivity contribution in [3.05, 3.63) is 34.8 Å². The van der Waals surface area contributed by atoms with E-state index < -0.39 is 0 Å². The van der Waals surface area contributed by atoms with E-state index in [-0.39, 0.29) is 6.10 Å². The number of likely N-dealkylation sites (tertiary alicyclic amines) is 1. The fraction of sp³-hybridized carbons (Fsp3) is 0.625. The third kappa shape index (κ3) is 4.42. The minimum absolute atomic E-state index is 0.0852. The molecule has 0 spiro atoms. The SMILES string of the molecule is CC1CCCN1CCCOc1ccc(-c2nc3c(s2)CN([C@H]2C[C@@H](O)C2)CC3)cc1. The second-order valence-corrected chi connectivity index (χ2v) is 10.2. The van der Waals surface area contributed by atoms with Gasteiger partial charge in [-0.2, -0.15) is 0 Å². The summed E-state index contributed by atoms with van der Waals surface area (Å²) in [5.74, 6) is 0.948. The molecule has 0 bridgehead atoms. The zero-order chi connectivity index (χ0) is 20.5. The number of aliphatic hydroxyl groups excluding tert-OH is 1. The van der Waals surface area contributed by atoms with Crippen LogP contribution in [0.3, 0.4) is 0 Å². The first kappa shape index (κ1) is 20.4. The first-order chi connectivity index (χ1) is 14.7. The van der Waals surface area contributed by atoms with Gasteiger partial charge >= 0.3 is 0 Å². The lowest BCUT2D eigenvalue weighted by Crippen LogP contribution is -2.48. The van der Waals surface area contributed by atoms with Gasteiger partial charge in [-0.1, -0.05) is 0 Å². The van der Waals surface area contributed by atoms with Crippen molar-refractivity contribution in [1.82, 2.24) is 14.8 Å². The summed E-state index contributed by atoms with van der Waals surface area (Å²) in [6.45, 7) is 7.55. The summed E-state index contributed by atoms with van der Waals surface area (Å²) in [4.78, 5) is 11.4. The molecule has 1 saturated heterocycles. The van der Waals surface area contributed by atoms with Crippen LogP contribution in [0.15, 0.2) is 24.3 Å². The largest absolute Gasteiger partial charge is 0.494 e. The molecule has 5 nitrogen and oxygen atoms in total. The molecule has 5 rings (SSSR count). The highest BCUT2D eigenvalue weighted by atomic mass is 32.1. The van der Waals surface area contributed by atoms with Gasteiger partial charge in [0, 0.05) is 48.6 Å². The quantitative estimate of drug-likeness (QED) is 0.678. The van der Waals surface area contributed by atoms with Crippen LogP contribution in [-0.4, -0.2) is 64.3 Å². The second kappa shape index (κ2) is 8.95. The molecule has 0 radical (unpaired) electrons. The highest BCUT2D eigenvalue weighted by Gasteiger charge is 2.34. The van der Waals surface area contributed by atoms with E-state index in [1.54, 1.807) is 0 Å². The fourth-order valence-corrected chi connectivity index (χ4v) is 6.12. The topological polar surface area (TPSA) is 48.8 Å². The maximum atomic E-state index is 9.60. The van der Waals surface area contributed by atoms with E-state index >= 15 is 0 Å². The van der Waals surface area contributed by atoms with Crippen LogP contribution in [0.1, 0.15) is 49.6 Å². The highest BCUT2D eigenvalue weighted by Crippen LogP contribution is 2.35. The van der Waals surface area contributed by atoms with E-state index in [4.69, 9.17) is 9.72 Å². The Morgan fingerprint density at radius 3 is 2.77 bits per heavy atom. The molecule has 6 heteroatoms. The van der Waals surface area contributed by atoms with Crippen LogP contribution in [0, 0.1) is 0 Å². The van der Waals surface area contributed by atoms with Crippen molar-refractivity contribution in [3.8, 4) is 16.3 Å². The molecule has 3 heterocycles. The molecule has 2 fully saturated rings. The monoisotopic (exact) mass is 427 g/mol. The Kier molecular flexibility index (Phi) is 6.10. The zero-order valence-electron chi connectivity index (χ0n) is 17.9. The molecule has 2 aliphatic heterocycles. The molecule has 1 unspecified atom stereocenters. The number of hydrogen-bond acceptors (Lipinski definition) is 6. The number of ether oxygens (including phenoxy) is 1. The van der Waals surface area contributed by atoms with Crippen LogP contribution < -0.4 is 4.74 Å². The highest BCUT2D eigenvalue weighted by molar-refractivity contribution is 7.15. The number of hydrogen-bond donors (Lipinski definition) is 1. The Labute approximate surface area is 183 Å². The summed E-state index contributed by atoms with van der Waals surface area (Å²) in [5.41, 5.74) is 2.45. The minimum Gasteiger partial charge on any atom is -0.494 e. The van der Waals surface area contributed by atoms with Crippen LogP contribution in [0.4, 0.5) is 0 Å². The summed E-state index contributed by atoms with van der Waals surface area (Å²) in [5, 5.41) is 10.7. The smallest absolute Gasteiger partial charge is 0.123 e. The molecule has 30 heavy (non-hydrogen) atoms. The van der Waals surface area contributed by atoms with Gasteiger partial charge in [0.25, 0.3) is 0 Å². The summed E-state index contributed by atoms with van der Waals surface area (Å²) in [7, 11) is 0. The third-order valence-corrected chi connectivity index (χ3v) is 8.15. The fourth-order valence-electron chi connectivity index (χ4n) is 4.98. The van der Waals surface area contributed by atoms with E-state index in [1.165, 1.54) is 35.5 Å². The van der Waals surface area contributed by atoms with Gasteiger partial charge in [-0.25, -0.2) is 4.98 Å². The van der Waals surface area contributed by atoms with Crippen molar-refractivity contribution in [3.63, 3.8) is 0 Å². The van der Waals surface area contributed by atoms with Crippen molar-refractivity contribution in [1.29, 1.82) is 0 Å². The predicted octanol–water partition coefficient (Wildman–Crippen LogP) is 3.94. The third-order valence-electron chi connectivity index (χ3n) is 7.02. The Balaban J connectivity index is 1.13. The molecular weight excluding hydrogens is 394 g/mol. The summed E-state index contributed by atoms with van der Waals surface area (Å²) >= 11 is 1.82. The molecule has 1 N–H and O–H groups in total. The molecule has 1 saturated carbocycles. The lowest BCUT2D eigenvalue weighted by Gasteiger charge is -2.42. The molecule has 1 aromatic heterocycles. The van der Waals surface area contributed by atoms with Gasteiger partial charge in [0.15, 0.2) is 0 Å². The van der Waals surface area contributed by atoms with Crippen LogP contribution >= 0.6 is 11.3 Å². The molecule has 2 aromatic rings. The maximum Gasteiger partial charge on any atom is 0.123 e. The molecule has 1 aliphatic carbocycles. The van der Waals surface area contributed by atoms with Gasteiger partial charge in [-0.15, -0.1) is 11.3 Å². The predicted molar refractivity (Wildman–Crippen MR) is 121 cm³/mol. The van der Waals surface area contributed by atoms with Crippen LogP contribution in [-0.2, 0) is 13.0 Å². The number of aliphatic hydroxyl groups is 1. The Hall–Kier alpha value is -1.47. The standard InChI is InChI=1S/C24H33N3O2S/c1-17-4-2-10-26(17)11-3-13-29-21-7-5-18(6-8-21)24-25-22-9-12-27(16-23(22)30-24)19-14-20(28)15-19/h5-8,17,19-20,28H,2-4,9-16H2,1H3/t17?,19-,20+. The van der Waals surface area contributed by atoms with E-state index in [0.717, 1.165) is 68.7 Å². The van der Waals surface area contributed by atoms with E-state index in [1.807, 2.05) is 11.3 Å². The Morgan fingerprint density at radius 2 is 2.03 bits per heavy atom. The number of thiazole rings is 1. The van der Waals surface area contributed by atoms with Crippen molar-refractivity contribution in [2.24, 2.45) is 0 Å². The minimum atomic E-state index is -0.0852. The van der Waals surface area contributed by atoms with Gasteiger partial charge in [0.2, 0.25) is 0 Å². The van der Waals surface area contributed by atoms with Gasteiger partial charge in [-0.3, -0.25) is 4.90 Å². The van der Waals surface area contributed by atoms with Crippen LogP contribution in [0.2, 0.25) is 0 Å². The first-order valence-electron chi connectivity index (χ1n) is 11.5. The van der Waals surface area contributed by atoms with Crippen molar-refractivity contribution >= 4 is 11.3 Å². The molecule has 1 atom stereocenters. The molecular formula is C24H33N3O2S. The van der Waals surface area contributed by atoms with Crippen LogP contribution in [0.25, 0.3) is 10.6 Å². The van der Waals surface area contributed by atoms with Gasteiger partial charge < -0.3 is 14.7 Å². The summed E-state index contributed by atoms with van der Waals surface area (Å²) < 4.78 is 5.97. The molecule has 3 aliphatic rings. The average molecular weight is 428 g/mol. The van der Waals surface area contributed by atoms with E-state index in [2.05, 4.69) is 41.0 Å². The normalized spacial score (nSPS) is 27.1. The van der Waals surface area contributed by atoms with Gasteiger partial charge in [0.05, 0.1) is 18.4 Å². The summed E-state index contributed by atoms with van der Waals surface area (Å²) in [6.07, 6.45) is 6.56. The molecule has 0 amide bonds. The number of benzene rings is 1. The lowest BCUT2D eigenvalue weighted by molar-refractivity contribution is -0.00377. The number of nitrogens with zero attached hydrogens (tertiary/aromatic N) is 3. The van der Waals surface area contributed by atoms with E-state index in [0.29, 0.717) is 6.04 Å². The number of fused-ring (bicyclic) bond motifs is 1. The van der Waals surface area contributed by atoms with Crippen molar-refractivity contribution in [2.45, 2.75) is 70.2 Å². The average Bonchev–Trinajstić information content (AvgIpc) is 3.34. The Bertz CT molecular complexity index is 847. The van der Waals surface area contributed by atoms with E-state index in [9.17, 15) is 5.11 Å². The second-order valence-electron chi connectivity index (χ2n) is 9.14. The summed E-state index contributed by atoms with van der Waals surface area (Å²) in [6, 6.07) is 9.74.